The van der Waals surface area contributed by atoms with Crippen LogP contribution in [0.15, 0.2) is 41.7 Å². The topological polar surface area (TPSA) is 97.7 Å². The van der Waals surface area contributed by atoms with Gasteiger partial charge in [0.25, 0.3) is 0 Å². The second kappa shape index (κ2) is 9.35. The highest BCUT2D eigenvalue weighted by molar-refractivity contribution is 6.36. The van der Waals surface area contributed by atoms with Crippen molar-refractivity contribution in [2.75, 3.05) is 31.5 Å². The maximum atomic E-state index is 8.90. The van der Waals surface area contributed by atoms with Crippen LogP contribution in [-0.4, -0.2) is 36.1 Å². The van der Waals surface area contributed by atoms with Gasteiger partial charge in [-0.2, -0.15) is 5.26 Å². The predicted octanol–water partition coefficient (Wildman–Crippen LogP) is 2.99. The first kappa shape index (κ1) is 20.5. The molecule has 3 heterocycles. The van der Waals surface area contributed by atoms with Crippen molar-refractivity contribution in [1.82, 2.24) is 25.9 Å². The Balaban J connectivity index is 1.49. The number of halogens is 2. The fourth-order valence-electron chi connectivity index (χ4n) is 3.35. The molecule has 7 nitrogen and oxygen atoms in total. The smallest absolute Gasteiger partial charge is 0.163 e. The van der Waals surface area contributed by atoms with Gasteiger partial charge < -0.3 is 21.3 Å². The molecule has 0 bridgehead atoms. The van der Waals surface area contributed by atoms with Gasteiger partial charge in [0.15, 0.2) is 5.82 Å². The number of allylic oxidation sites excluding steroid dienone is 2. The van der Waals surface area contributed by atoms with Gasteiger partial charge in [0, 0.05) is 54.3 Å². The number of hydrogen-bond acceptors (Lipinski definition) is 7. The average Bonchev–Trinajstić information content (AvgIpc) is 2.77. The van der Waals surface area contributed by atoms with E-state index in [4.69, 9.17) is 38.4 Å². The van der Waals surface area contributed by atoms with E-state index in [1.807, 2.05) is 18.2 Å². The zero-order chi connectivity index (χ0) is 20.9. The van der Waals surface area contributed by atoms with Gasteiger partial charge in [-0.25, -0.2) is 9.97 Å². The molecule has 0 saturated heterocycles. The summed E-state index contributed by atoms with van der Waals surface area (Å²) in [5, 5.41) is 23.3. The minimum absolute atomic E-state index is 0.532. The van der Waals surface area contributed by atoms with Crippen LogP contribution in [0.3, 0.4) is 0 Å². The van der Waals surface area contributed by atoms with E-state index in [0.717, 1.165) is 48.0 Å². The van der Waals surface area contributed by atoms with Crippen molar-refractivity contribution < 1.29 is 0 Å². The van der Waals surface area contributed by atoms with E-state index in [1.54, 1.807) is 12.1 Å². The van der Waals surface area contributed by atoms with Gasteiger partial charge in [-0.3, -0.25) is 0 Å². The van der Waals surface area contributed by atoms with Crippen LogP contribution in [0.1, 0.15) is 11.3 Å². The molecule has 0 unspecified atom stereocenters. The molecule has 0 radical (unpaired) electrons. The van der Waals surface area contributed by atoms with Crippen LogP contribution in [0.25, 0.3) is 11.4 Å². The van der Waals surface area contributed by atoms with Gasteiger partial charge in [-0.05, 0) is 30.4 Å². The van der Waals surface area contributed by atoms with Gasteiger partial charge in [-0.1, -0.05) is 23.2 Å². The molecule has 154 valence electrons. The molecular weight excluding hydrogens is 421 g/mol. The number of aromatic nitrogens is 2. The fourth-order valence-corrected chi connectivity index (χ4v) is 3.84. The van der Waals surface area contributed by atoms with Crippen LogP contribution in [0, 0.1) is 11.3 Å². The van der Waals surface area contributed by atoms with Crippen LogP contribution < -0.4 is 21.3 Å². The highest BCUT2D eigenvalue weighted by atomic mass is 35.5. The number of nitrogens with zero attached hydrogens (tertiary/aromatic N) is 3. The highest BCUT2D eigenvalue weighted by Gasteiger charge is 2.19. The molecule has 4 N–H and O–H groups in total. The summed E-state index contributed by atoms with van der Waals surface area (Å²) in [5.41, 5.74) is 3.60. The van der Waals surface area contributed by atoms with E-state index < -0.39 is 0 Å². The van der Waals surface area contributed by atoms with Gasteiger partial charge >= 0.3 is 0 Å². The lowest BCUT2D eigenvalue weighted by atomic mass is 10.1. The van der Waals surface area contributed by atoms with Crippen LogP contribution in [0.2, 0.25) is 10.0 Å². The third-order valence-corrected chi connectivity index (χ3v) is 5.45. The largest absolute Gasteiger partial charge is 0.370 e. The van der Waals surface area contributed by atoms with Crippen molar-refractivity contribution in [3.63, 3.8) is 0 Å². The summed E-state index contributed by atoms with van der Waals surface area (Å²) in [6.07, 6.45) is 4.54. The molecule has 0 saturated carbocycles. The van der Waals surface area contributed by atoms with Crippen molar-refractivity contribution in [2.45, 2.75) is 13.0 Å². The SMILES string of the molecule is N#CC1=CC=C(NCCNc2nc(-c3ccc(Cl)cc3Cl)nc3c2CNCC3)NC1. The Labute approximate surface area is 185 Å². The molecule has 0 amide bonds. The van der Waals surface area contributed by atoms with E-state index >= 15 is 0 Å². The molecule has 30 heavy (non-hydrogen) atoms. The molecule has 9 heteroatoms. The fraction of sp³-hybridized carbons (Fsp3) is 0.286. The Kier molecular flexibility index (Phi) is 6.38. The number of hydrogen-bond donors (Lipinski definition) is 4. The quantitative estimate of drug-likeness (QED) is 0.511. The number of benzene rings is 1. The summed E-state index contributed by atoms with van der Waals surface area (Å²) in [6.45, 7) is 3.52. The molecular formula is C21H21Cl2N7. The monoisotopic (exact) mass is 441 g/mol. The van der Waals surface area contributed by atoms with Gasteiger partial charge in [-0.15, -0.1) is 0 Å². The molecule has 1 aromatic heterocycles. The molecule has 0 atom stereocenters. The average molecular weight is 442 g/mol. The van der Waals surface area contributed by atoms with E-state index in [-0.39, 0.29) is 0 Å². The number of rotatable bonds is 6. The second-order valence-corrected chi connectivity index (χ2v) is 7.81. The lowest BCUT2D eigenvalue weighted by molar-refractivity contribution is 0.627. The Hall–Kier alpha value is -2.79. The van der Waals surface area contributed by atoms with E-state index in [9.17, 15) is 0 Å². The second-order valence-electron chi connectivity index (χ2n) is 6.96. The van der Waals surface area contributed by atoms with Crippen LogP contribution in [-0.2, 0) is 13.0 Å². The van der Waals surface area contributed by atoms with Gasteiger partial charge in [0.1, 0.15) is 5.82 Å². The zero-order valence-electron chi connectivity index (χ0n) is 16.2. The van der Waals surface area contributed by atoms with Crippen molar-refractivity contribution in [1.29, 1.82) is 5.26 Å². The molecule has 2 aliphatic rings. The van der Waals surface area contributed by atoms with Crippen molar-refractivity contribution in [2.24, 2.45) is 0 Å². The molecule has 4 rings (SSSR count). The number of nitriles is 1. The Bertz CT molecular complexity index is 1060. The minimum Gasteiger partial charge on any atom is -0.370 e. The maximum Gasteiger partial charge on any atom is 0.163 e. The molecule has 0 spiro atoms. The summed E-state index contributed by atoms with van der Waals surface area (Å²) < 4.78 is 0. The summed E-state index contributed by atoms with van der Waals surface area (Å²) >= 11 is 12.4. The minimum atomic E-state index is 0.532. The third-order valence-electron chi connectivity index (χ3n) is 4.90. The molecule has 0 aliphatic carbocycles. The number of fused-ring (bicyclic) bond motifs is 1. The standard InChI is InChI=1S/C21H21Cl2N7/c22-14-2-3-15(17(23)9-14)21-29-18-5-6-25-12-16(18)20(30-21)27-8-7-26-19-4-1-13(10-24)11-28-19/h1-4,9,25-26,28H,5-8,11-12H2,(H,27,29,30). The summed E-state index contributed by atoms with van der Waals surface area (Å²) in [7, 11) is 0. The number of nitrogens with one attached hydrogen (secondary N) is 4. The molecule has 2 aromatic rings. The first-order valence-electron chi connectivity index (χ1n) is 9.72. The highest BCUT2D eigenvalue weighted by Crippen LogP contribution is 2.31. The zero-order valence-corrected chi connectivity index (χ0v) is 17.7. The first-order valence-corrected chi connectivity index (χ1v) is 10.5. The van der Waals surface area contributed by atoms with Crippen LogP contribution in [0.5, 0.6) is 0 Å². The van der Waals surface area contributed by atoms with Crippen LogP contribution in [0.4, 0.5) is 5.82 Å². The summed E-state index contributed by atoms with van der Waals surface area (Å²) in [4.78, 5) is 9.52. The normalized spacial score (nSPS) is 15.2. The number of dihydropyridines is 1. The third kappa shape index (κ3) is 4.68. The summed E-state index contributed by atoms with van der Waals surface area (Å²) in [6, 6.07) is 7.49. The summed E-state index contributed by atoms with van der Waals surface area (Å²) in [5.74, 6) is 2.31. The van der Waals surface area contributed by atoms with E-state index in [0.29, 0.717) is 41.1 Å². The Morgan fingerprint density at radius 3 is 2.73 bits per heavy atom. The Morgan fingerprint density at radius 1 is 1.10 bits per heavy atom. The first-order chi connectivity index (χ1) is 14.6. The van der Waals surface area contributed by atoms with Crippen molar-refractivity contribution in [3.8, 4) is 17.5 Å². The lowest BCUT2D eigenvalue weighted by Gasteiger charge is -2.21. The van der Waals surface area contributed by atoms with E-state index in [1.165, 1.54) is 0 Å². The predicted molar refractivity (Wildman–Crippen MR) is 119 cm³/mol. The lowest BCUT2D eigenvalue weighted by Crippen LogP contribution is -2.33. The Morgan fingerprint density at radius 2 is 1.97 bits per heavy atom. The van der Waals surface area contributed by atoms with Gasteiger partial charge in [0.2, 0.25) is 0 Å². The molecule has 0 fully saturated rings. The van der Waals surface area contributed by atoms with E-state index in [2.05, 4.69) is 27.3 Å². The van der Waals surface area contributed by atoms with Crippen molar-refractivity contribution >= 4 is 29.0 Å². The van der Waals surface area contributed by atoms with Gasteiger partial charge in [0.05, 0.1) is 29.2 Å². The molecule has 2 aliphatic heterocycles. The van der Waals surface area contributed by atoms with Crippen molar-refractivity contribution in [3.05, 3.63) is 63.0 Å². The maximum absolute atomic E-state index is 8.90. The number of anilines is 1. The molecule has 1 aromatic carbocycles. The van der Waals surface area contributed by atoms with Crippen LogP contribution >= 0.6 is 23.2 Å².